The molecule has 3 rings (SSSR count). The van der Waals surface area contributed by atoms with Crippen LogP contribution in [0.2, 0.25) is 5.02 Å². The molecule has 0 aliphatic heterocycles. The van der Waals surface area contributed by atoms with E-state index in [0.717, 1.165) is 23.7 Å². The van der Waals surface area contributed by atoms with Crippen LogP contribution in [0.25, 0.3) is 10.9 Å². The Morgan fingerprint density at radius 1 is 1.12 bits per heavy atom. The van der Waals surface area contributed by atoms with Gasteiger partial charge in [0.1, 0.15) is 17.3 Å². The highest BCUT2D eigenvalue weighted by Gasteiger charge is 2.09. The third-order valence-corrected chi connectivity index (χ3v) is 4.00. The zero-order chi connectivity index (χ0) is 17.6. The molecule has 1 heterocycles. The molecule has 3 aromatic rings. The van der Waals surface area contributed by atoms with Crippen molar-refractivity contribution in [1.82, 2.24) is 10.3 Å². The van der Waals surface area contributed by atoms with E-state index in [-0.39, 0.29) is 11.7 Å². The zero-order valence-corrected chi connectivity index (χ0v) is 14.3. The monoisotopic (exact) mass is 360 g/mol. The van der Waals surface area contributed by atoms with Gasteiger partial charge in [-0.2, -0.15) is 0 Å². The normalized spacial score (nSPS) is 10.8. The Kier molecular flexibility index (Phi) is 5.56. The third kappa shape index (κ3) is 4.73. The first kappa shape index (κ1) is 17.3. The van der Waals surface area contributed by atoms with Crippen molar-refractivity contribution < 1.29 is 13.9 Å². The predicted octanol–water partition coefficient (Wildman–Crippen LogP) is 4.55. The highest BCUT2D eigenvalue weighted by atomic mass is 35.5. The summed E-state index contributed by atoms with van der Waals surface area (Å²) in [7, 11) is 0. The lowest BCUT2D eigenvalue weighted by Crippen LogP contribution is -2.25. The van der Waals surface area contributed by atoms with Gasteiger partial charge in [-0.25, -0.2) is 4.39 Å². The second kappa shape index (κ2) is 8.03. The number of amides is 1. The van der Waals surface area contributed by atoms with E-state index in [1.54, 1.807) is 24.3 Å². The van der Waals surface area contributed by atoms with Crippen molar-refractivity contribution in [2.24, 2.45) is 0 Å². The highest BCUT2D eigenvalue weighted by molar-refractivity contribution is 6.31. The quantitative estimate of drug-likeness (QED) is 0.607. The number of H-pyrrole nitrogens is 1. The van der Waals surface area contributed by atoms with Gasteiger partial charge in [0.25, 0.3) is 5.91 Å². The van der Waals surface area contributed by atoms with Crippen molar-refractivity contribution in [3.05, 3.63) is 65.1 Å². The van der Waals surface area contributed by atoms with Crippen molar-refractivity contribution in [2.75, 3.05) is 13.2 Å². The number of aromatic nitrogens is 1. The maximum absolute atomic E-state index is 12.8. The molecule has 2 aromatic carbocycles. The van der Waals surface area contributed by atoms with Gasteiger partial charge in [0.15, 0.2) is 0 Å². The fourth-order valence-electron chi connectivity index (χ4n) is 2.47. The van der Waals surface area contributed by atoms with Gasteiger partial charge >= 0.3 is 0 Å². The van der Waals surface area contributed by atoms with Crippen LogP contribution in [0.15, 0.2) is 48.5 Å². The molecule has 0 saturated heterocycles. The zero-order valence-electron chi connectivity index (χ0n) is 13.5. The molecule has 0 atom stereocenters. The van der Waals surface area contributed by atoms with Gasteiger partial charge in [0, 0.05) is 22.5 Å². The van der Waals surface area contributed by atoms with Crippen molar-refractivity contribution in [1.29, 1.82) is 0 Å². The van der Waals surface area contributed by atoms with Crippen molar-refractivity contribution in [2.45, 2.75) is 12.8 Å². The lowest BCUT2D eigenvalue weighted by molar-refractivity contribution is 0.0948. The average Bonchev–Trinajstić information content (AvgIpc) is 3.02. The summed E-state index contributed by atoms with van der Waals surface area (Å²) >= 11 is 5.95. The van der Waals surface area contributed by atoms with E-state index in [9.17, 15) is 9.18 Å². The molecule has 1 amide bonds. The van der Waals surface area contributed by atoms with Crippen LogP contribution in [0, 0.1) is 5.82 Å². The Bertz CT molecular complexity index is 861. The Morgan fingerprint density at radius 2 is 1.92 bits per heavy atom. The summed E-state index contributed by atoms with van der Waals surface area (Å²) in [5.41, 5.74) is 1.39. The van der Waals surface area contributed by atoms with E-state index < -0.39 is 0 Å². The molecule has 0 aliphatic carbocycles. The van der Waals surface area contributed by atoms with Crippen molar-refractivity contribution >= 4 is 28.4 Å². The van der Waals surface area contributed by atoms with Gasteiger partial charge < -0.3 is 15.0 Å². The van der Waals surface area contributed by atoms with Crippen LogP contribution in [0.3, 0.4) is 0 Å². The van der Waals surface area contributed by atoms with E-state index in [2.05, 4.69) is 10.3 Å². The van der Waals surface area contributed by atoms with Crippen LogP contribution in [-0.2, 0) is 0 Å². The molecule has 0 fully saturated rings. The third-order valence-electron chi connectivity index (χ3n) is 3.77. The fraction of sp³-hybridized carbons (Fsp3) is 0.211. The second-order valence-electron chi connectivity index (χ2n) is 5.68. The number of carbonyl (C=O) groups excluding carboxylic acids is 1. The number of halogens is 2. The number of hydrogen-bond acceptors (Lipinski definition) is 2. The number of carbonyl (C=O) groups is 1. The molecule has 0 bridgehead atoms. The van der Waals surface area contributed by atoms with Gasteiger partial charge in [-0.05, 0) is 61.4 Å². The second-order valence-corrected chi connectivity index (χ2v) is 6.12. The minimum absolute atomic E-state index is 0.147. The van der Waals surface area contributed by atoms with E-state index in [0.29, 0.717) is 29.6 Å². The molecule has 130 valence electrons. The summed E-state index contributed by atoms with van der Waals surface area (Å²) in [6.45, 7) is 1.08. The largest absolute Gasteiger partial charge is 0.494 e. The van der Waals surface area contributed by atoms with E-state index in [1.165, 1.54) is 12.1 Å². The first-order valence-electron chi connectivity index (χ1n) is 8.07. The summed E-state index contributed by atoms with van der Waals surface area (Å²) in [5.74, 6) is 0.211. The molecule has 1 aromatic heterocycles. The summed E-state index contributed by atoms with van der Waals surface area (Å²) in [5, 5.41) is 4.42. The van der Waals surface area contributed by atoms with E-state index in [4.69, 9.17) is 16.3 Å². The smallest absolute Gasteiger partial charge is 0.267 e. The number of unbranched alkanes of at least 4 members (excludes halogenated alkanes) is 1. The molecule has 0 spiro atoms. The van der Waals surface area contributed by atoms with E-state index in [1.807, 2.05) is 12.1 Å². The average molecular weight is 361 g/mol. The number of hydrogen-bond donors (Lipinski definition) is 2. The van der Waals surface area contributed by atoms with Crippen molar-refractivity contribution in [3.8, 4) is 5.75 Å². The molecule has 0 unspecified atom stereocenters. The number of fused-ring (bicyclic) bond motifs is 1. The lowest BCUT2D eigenvalue weighted by atomic mass is 10.2. The van der Waals surface area contributed by atoms with Crippen LogP contribution in [0.1, 0.15) is 23.3 Å². The Balaban J connectivity index is 1.39. The van der Waals surface area contributed by atoms with Crippen LogP contribution in [-0.4, -0.2) is 24.0 Å². The lowest BCUT2D eigenvalue weighted by Gasteiger charge is -2.06. The molecule has 6 heteroatoms. The molecule has 2 N–H and O–H groups in total. The van der Waals surface area contributed by atoms with Gasteiger partial charge in [-0.15, -0.1) is 0 Å². The van der Waals surface area contributed by atoms with Gasteiger partial charge in [0.2, 0.25) is 0 Å². The van der Waals surface area contributed by atoms with Gasteiger partial charge in [-0.3, -0.25) is 4.79 Å². The summed E-state index contributed by atoms with van der Waals surface area (Å²) < 4.78 is 18.3. The van der Waals surface area contributed by atoms with Gasteiger partial charge in [-0.1, -0.05) is 11.6 Å². The molecular weight excluding hydrogens is 343 g/mol. The number of rotatable bonds is 7. The van der Waals surface area contributed by atoms with Crippen LogP contribution >= 0.6 is 11.6 Å². The van der Waals surface area contributed by atoms with Crippen molar-refractivity contribution in [3.63, 3.8) is 0 Å². The molecular formula is C19H18ClFN2O2. The number of aromatic amines is 1. The molecule has 4 nitrogen and oxygen atoms in total. The van der Waals surface area contributed by atoms with Crippen LogP contribution in [0.4, 0.5) is 4.39 Å². The maximum Gasteiger partial charge on any atom is 0.267 e. The molecule has 0 radical (unpaired) electrons. The topological polar surface area (TPSA) is 54.1 Å². The molecule has 0 aliphatic rings. The number of nitrogens with one attached hydrogen (secondary N) is 2. The Labute approximate surface area is 149 Å². The first-order valence-corrected chi connectivity index (χ1v) is 8.44. The summed E-state index contributed by atoms with van der Waals surface area (Å²) in [6.07, 6.45) is 1.58. The first-order chi connectivity index (χ1) is 12.1. The minimum Gasteiger partial charge on any atom is -0.494 e. The fourth-order valence-corrected chi connectivity index (χ4v) is 2.65. The number of ether oxygens (including phenoxy) is 1. The Hall–Kier alpha value is -2.53. The SMILES string of the molecule is O=C(NCCCCOc1ccc(F)cc1)c1cc2cc(Cl)ccc2[nH]1. The molecule has 25 heavy (non-hydrogen) atoms. The number of benzene rings is 2. The predicted molar refractivity (Wildman–Crippen MR) is 96.8 cm³/mol. The molecule has 0 saturated carbocycles. The standard InChI is InChI=1S/C19H18ClFN2O2/c20-14-3-8-17-13(11-14)12-18(23-17)19(24)22-9-1-2-10-25-16-6-4-15(21)5-7-16/h3-8,11-12,23H,1-2,9-10H2,(H,22,24). The maximum atomic E-state index is 12.8. The van der Waals surface area contributed by atoms with E-state index >= 15 is 0 Å². The Morgan fingerprint density at radius 3 is 2.72 bits per heavy atom. The minimum atomic E-state index is -0.283. The van der Waals surface area contributed by atoms with Crippen LogP contribution < -0.4 is 10.1 Å². The summed E-state index contributed by atoms with van der Waals surface area (Å²) in [6, 6.07) is 13.2. The van der Waals surface area contributed by atoms with Gasteiger partial charge in [0.05, 0.1) is 6.61 Å². The van der Waals surface area contributed by atoms with Crippen LogP contribution in [0.5, 0.6) is 5.75 Å². The summed E-state index contributed by atoms with van der Waals surface area (Å²) in [4.78, 5) is 15.2. The highest BCUT2D eigenvalue weighted by Crippen LogP contribution is 2.20.